The van der Waals surface area contributed by atoms with Gasteiger partial charge in [-0.05, 0) is 0 Å². The molecule has 0 saturated heterocycles. The van der Waals surface area contributed by atoms with E-state index >= 15 is 0 Å². The third kappa shape index (κ3) is 16.2. The molecule has 0 rings (SSSR count). The average Bonchev–Trinajstić information content (AvgIpc) is 2.46. The Morgan fingerprint density at radius 1 is 0.429 bits per heavy atom. The number of rotatable bonds is 16. The molecule has 0 spiro atoms. The maximum Gasteiger partial charge on any atom is 2.00 e. The van der Waals surface area contributed by atoms with Gasteiger partial charge in [0.2, 0.25) is 0 Å². The summed E-state index contributed by atoms with van der Waals surface area (Å²) in [5.74, 6) is -7.67. The summed E-state index contributed by atoms with van der Waals surface area (Å²) in [5.41, 5.74) is 0. The monoisotopic (exact) mass is 412 g/mol. The van der Waals surface area contributed by atoms with Gasteiger partial charge < -0.3 is 49.5 Å². The second-order valence-corrected chi connectivity index (χ2v) is 5.56. The molecular formula is C14H18MgN3O10-3. The molecule has 0 aromatic carbocycles. The van der Waals surface area contributed by atoms with Gasteiger partial charge in [0.15, 0.2) is 0 Å². The number of carbonyl (C=O) groups is 5. The minimum atomic E-state index is -1.54. The van der Waals surface area contributed by atoms with Gasteiger partial charge in [-0.3, -0.25) is 14.7 Å². The summed E-state index contributed by atoms with van der Waals surface area (Å²) in [5, 5.41) is 53.3. The van der Waals surface area contributed by atoms with E-state index in [0.29, 0.717) is 0 Å². The Hall–Kier alpha value is -2.00. The quantitative estimate of drug-likeness (QED) is 0.216. The smallest absolute Gasteiger partial charge is 0.549 e. The Bertz CT molecular complexity index is 487. The van der Waals surface area contributed by atoms with Crippen molar-refractivity contribution in [1.82, 2.24) is 14.7 Å². The summed E-state index contributed by atoms with van der Waals surface area (Å²) < 4.78 is 0. The van der Waals surface area contributed by atoms with Gasteiger partial charge in [0, 0.05) is 58.9 Å². The Morgan fingerprint density at radius 3 is 0.821 bits per heavy atom. The van der Waals surface area contributed by atoms with Crippen LogP contribution in [0.4, 0.5) is 0 Å². The van der Waals surface area contributed by atoms with Crippen molar-refractivity contribution in [3.63, 3.8) is 0 Å². The van der Waals surface area contributed by atoms with Crippen molar-refractivity contribution < 1.29 is 49.5 Å². The van der Waals surface area contributed by atoms with Crippen molar-refractivity contribution in [3.05, 3.63) is 0 Å². The van der Waals surface area contributed by atoms with Crippen molar-refractivity contribution in [2.45, 2.75) is 0 Å². The molecule has 0 unspecified atom stereocenters. The number of hydrogen-bond donors (Lipinski definition) is 0. The van der Waals surface area contributed by atoms with E-state index in [4.69, 9.17) is 0 Å². The van der Waals surface area contributed by atoms with Gasteiger partial charge in [-0.15, -0.1) is 0 Å². The maximum atomic E-state index is 10.8. The topological polar surface area (TPSA) is 210 Å². The zero-order chi connectivity index (χ0) is 21.0. The number of hydrogen-bond acceptors (Lipinski definition) is 13. The van der Waals surface area contributed by atoms with Crippen LogP contribution in [0.1, 0.15) is 0 Å². The Labute approximate surface area is 176 Å². The van der Waals surface area contributed by atoms with Gasteiger partial charge in [0.05, 0.1) is 29.8 Å². The number of carboxylic acid groups (broad SMARTS) is 5. The van der Waals surface area contributed by atoms with Crippen LogP contribution in [0.5, 0.6) is 0 Å². The Kier molecular flexibility index (Phi) is 15.1. The molecule has 0 amide bonds. The van der Waals surface area contributed by atoms with Crippen molar-refractivity contribution >= 4 is 52.9 Å². The second-order valence-electron chi connectivity index (χ2n) is 5.56. The first-order valence-corrected chi connectivity index (χ1v) is 7.66. The second kappa shape index (κ2) is 15.0. The summed E-state index contributed by atoms with van der Waals surface area (Å²) in [6.45, 7) is -4.16. The first kappa shape index (κ1) is 28.2. The van der Waals surface area contributed by atoms with Crippen molar-refractivity contribution in [3.8, 4) is 0 Å². The number of nitrogens with zero attached hydrogens (tertiary/aromatic N) is 3. The van der Waals surface area contributed by atoms with E-state index in [1.165, 1.54) is 4.90 Å². The Balaban J connectivity index is 0. The summed E-state index contributed by atoms with van der Waals surface area (Å²) in [6, 6.07) is 0. The molecule has 28 heavy (non-hydrogen) atoms. The van der Waals surface area contributed by atoms with E-state index in [0.717, 1.165) is 9.80 Å². The minimum Gasteiger partial charge on any atom is -0.549 e. The fraction of sp³-hybridized carbons (Fsp3) is 0.643. The molecule has 154 valence electrons. The predicted octanol–water partition coefficient (Wildman–Crippen LogP) is -9.74. The molecule has 0 aliphatic heterocycles. The van der Waals surface area contributed by atoms with Gasteiger partial charge in [-0.25, -0.2) is 0 Å². The molecule has 13 nitrogen and oxygen atoms in total. The summed E-state index contributed by atoms with van der Waals surface area (Å²) in [7, 11) is 0. The number of aliphatic carboxylic acids is 5. The van der Waals surface area contributed by atoms with E-state index in [1.807, 2.05) is 0 Å². The first-order chi connectivity index (χ1) is 12.5. The zero-order valence-corrected chi connectivity index (χ0v) is 16.4. The van der Waals surface area contributed by atoms with Crippen LogP contribution in [0.25, 0.3) is 0 Å². The van der Waals surface area contributed by atoms with Gasteiger partial charge in [-0.2, -0.15) is 0 Å². The van der Waals surface area contributed by atoms with Crippen LogP contribution in [-0.4, -0.2) is 127 Å². The van der Waals surface area contributed by atoms with Crippen molar-refractivity contribution in [1.29, 1.82) is 0 Å². The molecule has 0 aliphatic rings. The van der Waals surface area contributed by atoms with E-state index in [-0.39, 0.29) is 49.2 Å². The molecule has 0 N–H and O–H groups in total. The van der Waals surface area contributed by atoms with Crippen molar-refractivity contribution in [2.75, 3.05) is 58.9 Å². The molecule has 0 bridgehead atoms. The summed E-state index contributed by atoms with van der Waals surface area (Å²) >= 11 is 0. The van der Waals surface area contributed by atoms with Crippen LogP contribution >= 0.6 is 0 Å². The number of carboxylic acids is 5. The minimum absolute atomic E-state index is 0. The van der Waals surface area contributed by atoms with Crippen LogP contribution in [0, 0.1) is 0 Å². The third-order valence-corrected chi connectivity index (χ3v) is 3.23. The SMILES string of the molecule is O=C([O-])CN(CCN(CC(=O)[O-])CC(=O)[O-])CCN(CC(=O)[O-])CC(=O)[O-].[Mg+2]. The molecule has 0 aliphatic carbocycles. The molecule has 0 heterocycles. The standard InChI is InChI=1S/C14H23N3O10.Mg/c18-10(19)5-15(1-3-16(6-11(20)21)7-12(22)23)2-4-17(8-13(24)25)9-14(26)27;/h1-9H2,(H,18,19)(H,20,21)(H,22,23)(H,24,25)(H,26,27);/q;+2/p-5. The third-order valence-electron chi connectivity index (χ3n) is 3.23. The largest absolute Gasteiger partial charge is 2.00 e. The van der Waals surface area contributed by atoms with Crippen LogP contribution in [0.15, 0.2) is 0 Å². The zero-order valence-electron chi connectivity index (χ0n) is 15.0. The van der Waals surface area contributed by atoms with Gasteiger partial charge in [-0.1, -0.05) is 0 Å². The van der Waals surface area contributed by atoms with Crippen molar-refractivity contribution in [2.24, 2.45) is 0 Å². The first-order valence-electron chi connectivity index (χ1n) is 7.66. The molecular weight excluding hydrogens is 394 g/mol. The van der Waals surface area contributed by atoms with E-state index in [2.05, 4.69) is 0 Å². The normalized spacial score (nSPS) is 10.7. The molecule has 0 radical (unpaired) electrons. The average molecular weight is 413 g/mol. The molecule has 0 aromatic rings. The fourth-order valence-electron chi connectivity index (χ4n) is 2.18. The van der Waals surface area contributed by atoms with Crippen LogP contribution < -0.4 is 25.5 Å². The fourth-order valence-corrected chi connectivity index (χ4v) is 2.18. The van der Waals surface area contributed by atoms with Gasteiger partial charge >= 0.3 is 23.1 Å². The summed E-state index contributed by atoms with van der Waals surface area (Å²) in [6.07, 6.45) is 0. The molecule has 0 aromatic heterocycles. The molecule has 0 saturated carbocycles. The van der Waals surface area contributed by atoms with Crippen LogP contribution in [-0.2, 0) is 24.0 Å². The van der Waals surface area contributed by atoms with E-state index in [9.17, 15) is 49.5 Å². The molecule has 0 fully saturated rings. The van der Waals surface area contributed by atoms with Gasteiger partial charge in [0.1, 0.15) is 0 Å². The number of carbonyl (C=O) groups excluding carboxylic acids is 5. The molecule has 0 atom stereocenters. The predicted molar refractivity (Wildman–Crippen MR) is 80.1 cm³/mol. The maximum absolute atomic E-state index is 10.8. The van der Waals surface area contributed by atoms with Crippen LogP contribution in [0.2, 0.25) is 0 Å². The van der Waals surface area contributed by atoms with Crippen LogP contribution in [0.3, 0.4) is 0 Å². The van der Waals surface area contributed by atoms with E-state index < -0.39 is 62.6 Å². The van der Waals surface area contributed by atoms with Gasteiger partial charge in [0.25, 0.3) is 0 Å². The summed E-state index contributed by atoms with van der Waals surface area (Å²) in [4.78, 5) is 56.4. The van der Waals surface area contributed by atoms with E-state index in [1.54, 1.807) is 0 Å². The molecule has 14 heteroatoms. The Morgan fingerprint density at radius 2 is 0.607 bits per heavy atom.